The third-order valence-corrected chi connectivity index (χ3v) is 3.35. The second-order valence-corrected chi connectivity index (χ2v) is 5.68. The van der Waals surface area contributed by atoms with Crippen LogP contribution >= 0.6 is 0 Å². The molecule has 0 aliphatic carbocycles. The monoisotopic (exact) mass is 327 g/mol. The van der Waals surface area contributed by atoms with Crippen LogP contribution in [-0.4, -0.2) is 18.5 Å². The number of aryl methyl sites for hydroxylation is 1. The van der Waals surface area contributed by atoms with Gasteiger partial charge in [-0.05, 0) is 42.7 Å². The summed E-state index contributed by atoms with van der Waals surface area (Å²) in [5.41, 5.74) is 1.76. The van der Waals surface area contributed by atoms with Crippen LogP contribution in [0, 0.1) is 6.92 Å². The Balaban J connectivity index is 1.85. The Morgan fingerprint density at radius 1 is 1.21 bits per heavy atom. The summed E-state index contributed by atoms with van der Waals surface area (Å²) in [6, 6.07) is 11.1. The number of ether oxygens (including phenoxy) is 1. The molecule has 2 rings (SSSR count). The number of anilines is 1. The standard InChI is InChI=1S/C19H21NO4/c1-13(2)16-6-4-5-7-17(16)20-18(21)12-23-19(22)11-10-15-9-8-14(3)24-15/h4-11,13H,12H2,1-3H3,(H,20,21)/b11-10+. The summed E-state index contributed by atoms with van der Waals surface area (Å²) in [6.07, 6.45) is 2.73. The molecule has 1 heterocycles. The maximum Gasteiger partial charge on any atom is 0.331 e. The largest absolute Gasteiger partial charge is 0.462 e. The highest BCUT2D eigenvalue weighted by Gasteiger charge is 2.10. The van der Waals surface area contributed by atoms with E-state index < -0.39 is 5.97 Å². The number of furan rings is 1. The van der Waals surface area contributed by atoms with Gasteiger partial charge in [0.05, 0.1) is 0 Å². The number of hydrogen-bond acceptors (Lipinski definition) is 4. The molecule has 5 nitrogen and oxygen atoms in total. The van der Waals surface area contributed by atoms with Crippen molar-refractivity contribution in [2.75, 3.05) is 11.9 Å². The number of amides is 1. The first-order chi connectivity index (χ1) is 11.5. The van der Waals surface area contributed by atoms with E-state index in [-0.39, 0.29) is 18.4 Å². The molecule has 0 radical (unpaired) electrons. The first kappa shape index (κ1) is 17.5. The van der Waals surface area contributed by atoms with Crippen LogP contribution in [0.15, 0.2) is 46.9 Å². The summed E-state index contributed by atoms with van der Waals surface area (Å²) in [6.45, 7) is 5.57. The van der Waals surface area contributed by atoms with Crippen LogP contribution in [0.3, 0.4) is 0 Å². The topological polar surface area (TPSA) is 68.5 Å². The minimum Gasteiger partial charge on any atom is -0.462 e. The highest BCUT2D eigenvalue weighted by molar-refractivity contribution is 5.95. The number of carbonyl (C=O) groups excluding carboxylic acids is 2. The van der Waals surface area contributed by atoms with Crippen molar-refractivity contribution in [3.63, 3.8) is 0 Å². The SMILES string of the molecule is Cc1ccc(/C=C/C(=O)OCC(=O)Nc2ccccc2C(C)C)o1. The first-order valence-electron chi connectivity index (χ1n) is 7.75. The molecule has 126 valence electrons. The van der Waals surface area contributed by atoms with Crippen molar-refractivity contribution >= 4 is 23.6 Å². The zero-order valence-electron chi connectivity index (χ0n) is 14.0. The third-order valence-electron chi connectivity index (χ3n) is 3.35. The molecule has 24 heavy (non-hydrogen) atoms. The van der Waals surface area contributed by atoms with Crippen LogP contribution in [0.5, 0.6) is 0 Å². The van der Waals surface area contributed by atoms with E-state index in [4.69, 9.17) is 9.15 Å². The summed E-state index contributed by atoms with van der Waals surface area (Å²) in [5, 5.41) is 2.77. The molecule has 0 aliphatic heterocycles. The van der Waals surface area contributed by atoms with Crippen molar-refractivity contribution in [1.82, 2.24) is 0 Å². The molecule has 1 amide bonds. The van der Waals surface area contributed by atoms with E-state index in [0.717, 1.165) is 17.0 Å². The number of nitrogens with one attached hydrogen (secondary N) is 1. The van der Waals surface area contributed by atoms with Gasteiger partial charge in [0.15, 0.2) is 6.61 Å². The van der Waals surface area contributed by atoms with Crippen LogP contribution in [0.25, 0.3) is 6.08 Å². The van der Waals surface area contributed by atoms with Gasteiger partial charge >= 0.3 is 5.97 Å². The number of esters is 1. The third kappa shape index (κ3) is 5.12. The molecule has 1 N–H and O–H groups in total. The Morgan fingerprint density at radius 3 is 2.62 bits per heavy atom. The van der Waals surface area contributed by atoms with Gasteiger partial charge in [-0.1, -0.05) is 32.0 Å². The zero-order valence-corrected chi connectivity index (χ0v) is 14.0. The van der Waals surface area contributed by atoms with Gasteiger partial charge in [-0.2, -0.15) is 0 Å². The average Bonchev–Trinajstić information content (AvgIpc) is 2.97. The lowest BCUT2D eigenvalue weighted by molar-refractivity contribution is -0.142. The Hall–Kier alpha value is -2.82. The van der Waals surface area contributed by atoms with E-state index in [0.29, 0.717) is 5.76 Å². The fourth-order valence-corrected chi connectivity index (χ4v) is 2.18. The van der Waals surface area contributed by atoms with Crippen LogP contribution in [-0.2, 0) is 14.3 Å². The van der Waals surface area contributed by atoms with Crippen molar-refractivity contribution in [3.8, 4) is 0 Å². The predicted molar refractivity (Wildman–Crippen MR) is 92.6 cm³/mol. The van der Waals surface area contributed by atoms with Crippen molar-refractivity contribution in [2.24, 2.45) is 0 Å². The molecular formula is C19H21NO4. The highest BCUT2D eigenvalue weighted by atomic mass is 16.5. The Morgan fingerprint density at radius 2 is 1.96 bits per heavy atom. The molecule has 2 aromatic rings. The molecule has 1 aromatic heterocycles. The highest BCUT2D eigenvalue weighted by Crippen LogP contribution is 2.23. The summed E-state index contributed by atoms with van der Waals surface area (Å²) >= 11 is 0. The molecule has 0 fully saturated rings. The summed E-state index contributed by atoms with van der Waals surface area (Å²) in [7, 11) is 0. The maximum absolute atomic E-state index is 11.9. The number of hydrogen-bond donors (Lipinski definition) is 1. The molecule has 5 heteroatoms. The molecule has 0 saturated heterocycles. The van der Waals surface area contributed by atoms with Crippen molar-refractivity contribution in [1.29, 1.82) is 0 Å². The minimum atomic E-state index is -0.601. The minimum absolute atomic E-state index is 0.281. The van der Waals surface area contributed by atoms with Crippen molar-refractivity contribution < 1.29 is 18.7 Å². The van der Waals surface area contributed by atoms with E-state index in [9.17, 15) is 9.59 Å². The van der Waals surface area contributed by atoms with Gasteiger partial charge in [-0.3, -0.25) is 4.79 Å². The van der Waals surface area contributed by atoms with Gasteiger partial charge in [-0.25, -0.2) is 4.79 Å². The van der Waals surface area contributed by atoms with Crippen LogP contribution in [0.2, 0.25) is 0 Å². The first-order valence-corrected chi connectivity index (χ1v) is 7.75. The molecule has 0 unspecified atom stereocenters. The van der Waals surface area contributed by atoms with E-state index >= 15 is 0 Å². The summed E-state index contributed by atoms with van der Waals surface area (Å²) < 4.78 is 10.2. The number of benzene rings is 1. The number of carbonyl (C=O) groups is 2. The molecular weight excluding hydrogens is 306 g/mol. The molecule has 0 saturated carbocycles. The second kappa shape index (κ2) is 8.15. The molecule has 0 bridgehead atoms. The second-order valence-electron chi connectivity index (χ2n) is 5.68. The number of rotatable bonds is 6. The fourth-order valence-electron chi connectivity index (χ4n) is 2.18. The van der Waals surface area contributed by atoms with Gasteiger partial charge in [0, 0.05) is 11.8 Å². The van der Waals surface area contributed by atoms with Gasteiger partial charge in [0.1, 0.15) is 11.5 Å². The van der Waals surface area contributed by atoms with Crippen LogP contribution in [0.4, 0.5) is 5.69 Å². The van der Waals surface area contributed by atoms with E-state index in [1.807, 2.05) is 45.0 Å². The lowest BCUT2D eigenvalue weighted by Crippen LogP contribution is -2.21. The smallest absolute Gasteiger partial charge is 0.331 e. The normalized spacial score (nSPS) is 11.0. The Kier molecular flexibility index (Phi) is 5.95. The quantitative estimate of drug-likeness (QED) is 0.645. The zero-order chi connectivity index (χ0) is 17.5. The van der Waals surface area contributed by atoms with E-state index in [1.54, 1.807) is 12.1 Å². The van der Waals surface area contributed by atoms with Crippen LogP contribution < -0.4 is 5.32 Å². The van der Waals surface area contributed by atoms with E-state index in [2.05, 4.69) is 5.32 Å². The molecule has 0 atom stereocenters. The number of para-hydroxylation sites is 1. The van der Waals surface area contributed by atoms with Gasteiger partial charge in [0.2, 0.25) is 0 Å². The lowest BCUT2D eigenvalue weighted by Gasteiger charge is -2.13. The Bertz CT molecular complexity index is 743. The van der Waals surface area contributed by atoms with Crippen molar-refractivity contribution in [2.45, 2.75) is 26.7 Å². The van der Waals surface area contributed by atoms with Crippen molar-refractivity contribution in [3.05, 3.63) is 59.6 Å². The maximum atomic E-state index is 11.9. The fraction of sp³-hybridized carbons (Fsp3) is 0.263. The Labute approximate surface area is 141 Å². The summed E-state index contributed by atoms with van der Waals surface area (Å²) in [4.78, 5) is 23.6. The van der Waals surface area contributed by atoms with E-state index in [1.165, 1.54) is 12.2 Å². The van der Waals surface area contributed by atoms with Gasteiger partial charge < -0.3 is 14.5 Å². The average molecular weight is 327 g/mol. The van der Waals surface area contributed by atoms with Gasteiger partial charge in [-0.15, -0.1) is 0 Å². The molecule has 0 aliphatic rings. The predicted octanol–water partition coefficient (Wildman–Crippen LogP) is 3.91. The summed E-state index contributed by atoms with van der Waals surface area (Å²) in [5.74, 6) is 0.616. The molecule has 0 spiro atoms. The lowest BCUT2D eigenvalue weighted by atomic mass is 10.0. The van der Waals surface area contributed by atoms with Gasteiger partial charge in [0.25, 0.3) is 5.91 Å². The van der Waals surface area contributed by atoms with Crippen LogP contribution in [0.1, 0.15) is 36.8 Å². The molecule has 1 aromatic carbocycles.